The van der Waals surface area contributed by atoms with Crippen LogP contribution >= 0.6 is 0 Å². The predicted octanol–water partition coefficient (Wildman–Crippen LogP) is 3.33. The van der Waals surface area contributed by atoms with E-state index < -0.39 is 113 Å². The molecule has 2 bridgehead atoms. The highest BCUT2D eigenvalue weighted by molar-refractivity contribution is 5.96. The summed E-state index contributed by atoms with van der Waals surface area (Å²) in [5.41, 5.74) is -7.37. The van der Waals surface area contributed by atoms with E-state index in [1.165, 1.54) is 44.4 Å². The van der Waals surface area contributed by atoms with Crippen LogP contribution in [-0.2, 0) is 42.9 Å². The van der Waals surface area contributed by atoms with Crippen molar-refractivity contribution in [3.05, 3.63) is 107 Å². The molecule has 11 atom stereocenters. The minimum atomic E-state index is -2.40. The Bertz CT molecular complexity index is 2240. The number of ketones is 1. The quantitative estimate of drug-likeness (QED) is 0.130. The van der Waals surface area contributed by atoms with Crippen LogP contribution in [0.5, 0.6) is 0 Å². The van der Waals surface area contributed by atoms with Crippen LogP contribution in [0.25, 0.3) is 0 Å². The molecule has 2 aromatic carbocycles. The third-order valence-electron chi connectivity index (χ3n) is 13.2. The number of carbonyl (C=O) groups is 6. The number of Topliss-reactive ketones (excluding diaryl/α,β-unsaturated/α-hetero) is 1. The van der Waals surface area contributed by atoms with Gasteiger partial charge in [0.25, 0.3) is 5.91 Å². The number of aliphatic hydroxyl groups is 3. The van der Waals surface area contributed by atoms with Gasteiger partial charge in [0.15, 0.2) is 29.4 Å². The molecule has 16 nitrogen and oxygen atoms in total. The molecule has 1 aliphatic heterocycles. The first-order valence-corrected chi connectivity index (χ1v) is 20.0. The minimum absolute atomic E-state index is 0.0133. The Morgan fingerprint density at radius 3 is 2.11 bits per heavy atom. The van der Waals surface area contributed by atoms with Crippen molar-refractivity contribution >= 4 is 35.6 Å². The summed E-state index contributed by atoms with van der Waals surface area (Å²) in [6.45, 7) is 7.92. The highest BCUT2D eigenvalue weighted by Gasteiger charge is 2.78. The number of benzene rings is 2. The molecule has 61 heavy (non-hydrogen) atoms. The van der Waals surface area contributed by atoms with Crippen molar-refractivity contribution in [3.8, 4) is 0 Å². The van der Waals surface area contributed by atoms with Crippen molar-refractivity contribution in [1.29, 1.82) is 0 Å². The fourth-order valence-electron chi connectivity index (χ4n) is 9.99. The number of esters is 4. The van der Waals surface area contributed by atoms with Gasteiger partial charge in [-0.2, -0.15) is 0 Å². The van der Waals surface area contributed by atoms with Gasteiger partial charge < -0.3 is 48.7 Å². The maximum atomic E-state index is 15.5. The molecule has 16 heteroatoms. The molecule has 0 unspecified atom stereocenters. The molecule has 3 aliphatic carbocycles. The second-order valence-electron chi connectivity index (χ2n) is 17.0. The molecular weight excluding hydrogens is 794 g/mol. The summed E-state index contributed by atoms with van der Waals surface area (Å²) in [5, 5.41) is 40.0. The summed E-state index contributed by atoms with van der Waals surface area (Å²) in [6.07, 6.45) is -9.31. The van der Waals surface area contributed by atoms with Crippen LogP contribution in [0, 0.1) is 16.7 Å². The van der Waals surface area contributed by atoms with E-state index in [-0.39, 0.29) is 35.5 Å². The standard InChI is InChI=1S/C45H49NO15/c1-23-29(59-41(54)34(50)33(26-14-9-7-10-15-26)46-39(52)28-18-13-19-56-28)21-45(55)38(60-40(53)27-16-11-8-12-17-27)36-43(6,30(49)20-31-44(36,22-57-31)61-25(3)48)37(51)35(58-24(2)47)32(23)42(45,4)5/h7-19,29-31,33-36,38,49-50,55H,20-22H2,1-6H3,(H,46,52)/t29-,30-,31+,33-,34+,35+,36-,38-,43+,44-,45+/m0/s1. The van der Waals surface area contributed by atoms with Crippen LogP contribution in [0.1, 0.15) is 86.9 Å². The number of ether oxygens (including phenoxy) is 5. The Labute approximate surface area is 351 Å². The molecule has 1 aromatic heterocycles. The first-order chi connectivity index (χ1) is 28.8. The van der Waals surface area contributed by atoms with Crippen LogP contribution in [0.15, 0.2) is 94.6 Å². The van der Waals surface area contributed by atoms with E-state index >= 15 is 4.79 Å². The van der Waals surface area contributed by atoms with Crippen molar-refractivity contribution in [2.75, 3.05) is 6.61 Å². The minimum Gasteiger partial charge on any atom is -0.459 e. The number of carbonyl (C=O) groups excluding carboxylic acids is 6. The van der Waals surface area contributed by atoms with E-state index in [0.29, 0.717) is 5.56 Å². The van der Waals surface area contributed by atoms with Crippen molar-refractivity contribution in [2.45, 2.75) is 108 Å². The Morgan fingerprint density at radius 2 is 1.54 bits per heavy atom. The maximum absolute atomic E-state index is 15.5. The molecule has 0 spiro atoms. The van der Waals surface area contributed by atoms with Crippen LogP contribution < -0.4 is 5.32 Å². The topological polar surface area (TPSA) is 234 Å². The SMILES string of the molecule is CC(=O)O[C@H]1C(=O)[C@@]2(C)[C@H]([C@H](OC(=O)c3ccccc3)[C@]3(O)C[C@H](OC(=O)[C@H](O)[C@@H](NC(=O)c4ccco4)c4ccccc4)C(C)=C1C3(C)C)[C@]1(OC(C)=O)CO[C@@H]1C[C@@H]2O. The summed E-state index contributed by atoms with van der Waals surface area (Å²) < 4.78 is 35.4. The van der Waals surface area contributed by atoms with Gasteiger partial charge in [-0.15, -0.1) is 0 Å². The lowest BCUT2D eigenvalue weighted by molar-refractivity contribution is -0.346. The first kappa shape index (κ1) is 43.4. The molecule has 1 saturated heterocycles. The van der Waals surface area contributed by atoms with Crippen molar-refractivity contribution in [2.24, 2.45) is 16.7 Å². The molecule has 2 saturated carbocycles. The number of furan rings is 1. The zero-order valence-corrected chi connectivity index (χ0v) is 34.5. The van der Waals surface area contributed by atoms with E-state index in [1.54, 1.807) is 62.4 Å². The number of hydrogen-bond donors (Lipinski definition) is 4. The van der Waals surface area contributed by atoms with Crippen LogP contribution in [0.3, 0.4) is 0 Å². The van der Waals surface area contributed by atoms with Gasteiger partial charge >= 0.3 is 23.9 Å². The van der Waals surface area contributed by atoms with E-state index in [2.05, 4.69) is 5.32 Å². The average molecular weight is 844 g/mol. The molecule has 1 amide bonds. The number of hydrogen-bond acceptors (Lipinski definition) is 15. The largest absolute Gasteiger partial charge is 0.459 e. The Morgan fingerprint density at radius 1 is 0.885 bits per heavy atom. The Hall–Kier alpha value is -5.68. The lowest BCUT2D eigenvalue weighted by Crippen LogP contribution is -2.82. The van der Waals surface area contributed by atoms with Gasteiger partial charge in [0.2, 0.25) is 0 Å². The number of rotatable bonds is 10. The van der Waals surface area contributed by atoms with Gasteiger partial charge in [-0.05, 0) is 54.8 Å². The molecule has 2 heterocycles. The third-order valence-corrected chi connectivity index (χ3v) is 13.2. The predicted molar refractivity (Wildman–Crippen MR) is 210 cm³/mol. The summed E-state index contributed by atoms with van der Waals surface area (Å²) in [6, 6.07) is 17.5. The highest BCUT2D eigenvalue weighted by atomic mass is 16.6. The second kappa shape index (κ2) is 16.0. The van der Waals surface area contributed by atoms with E-state index in [0.717, 1.165) is 13.8 Å². The number of amides is 1. The first-order valence-electron chi connectivity index (χ1n) is 20.0. The molecular formula is C45H49NO15. The van der Waals surface area contributed by atoms with Gasteiger partial charge in [0.05, 0.1) is 41.9 Å². The van der Waals surface area contributed by atoms with E-state index in [1.807, 2.05) is 0 Å². The van der Waals surface area contributed by atoms with Gasteiger partial charge in [-0.1, -0.05) is 62.4 Å². The normalized spacial score (nSPS) is 32.2. The summed E-state index contributed by atoms with van der Waals surface area (Å²) in [7, 11) is 0. The molecule has 7 rings (SSSR count). The fraction of sp³-hybridized carbons (Fsp3) is 0.467. The van der Waals surface area contributed by atoms with Crippen molar-refractivity contribution in [3.63, 3.8) is 0 Å². The molecule has 3 aromatic rings. The van der Waals surface area contributed by atoms with Gasteiger partial charge in [-0.25, -0.2) is 9.59 Å². The molecule has 4 N–H and O–H groups in total. The zero-order chi connectivity index (χ0) is 44.2. The molecule has 324 valence electrons. The highest BCUT2D eigenvalue weighted by Crippen LogP contribution is 2.64. The maximum Gasteiger partial charge on any atom is 0.338 e. The smallest absolute Gasteiger partial charge is 0.338 e. The van der Waals surface area contributed by atoms with Crippen molar-refractivity contribution < 1.29 is 72.2 Å². The number of nitrogens with one attached hydrogen (secondary N) is 1. The average Bonchev–Trinajstić information content (AvgIpc) is 3.77. The monoisotopic (exact) mass is 843 g/mol. The van der Waals surface area contributed by atoms with Crippen LogP contribution in [0.2, 0.25) is 0 Å². The van der Waals surface area contributed by atoms with E-state index in [4.69, 9.17) is 28.1 Å². The van der Waals surface area contributed by atoms with Gasteiger partial charge in [-0.3, -0.25) is 19.2 Å². The molecule has 3 fully saturated rings. The summed E-state index contributed by atoms with van der Waals surface area (Å²) in [4.78, 5) is 83.1. The van der Waals surface area contributed by atoms with Crippen molar-refractivity contribution in [1.82, 2.24) is 5.32 Å². The summed E-state index contributed by atoms with van der Waals surface area (Å²) in [5.74, 6) is -7.15. The summed E-state index contributed by atoms with van der Waals surface area (Å²) >= 11 is 0. The van der Waals surface area contributed by atoms with E-state index in [9.17, 15) is 39.3 Å². The Kier molecular flexibility index (Phi) is 11.4. The lowest BCUT2D eigenvalue weighted by atomic mass is 9.44. The van der Waals surface area contributed by atoms with Crippen LogP contribution in [-0.4, -0.2) is 105 Å². The fourth-order valence-corrected chi connectivity index (χ4v) is 9.99. The molecule has 0 radical (unpaired) electrons. The van der Waals surface area contributed by atoms with Gasteiger partial charge in [0, 0.05) is 32.1 Å². The number of fused-ring (bicyclic) bond motifs is 5. The number of aliphatic hydroxyl groups excluding tert-OH is 2. The molecule has 4 aliphatic rings. The van der Waals surface area contributed by atoms with Crippen LogP contribution in [0.4, 0.5) is 0 Å². The lowest BCUT2D eigenvalue weighted by Gasteiger charge is -2.67. The Balaban J connectivity index is 1.39. The second-order valence-corrected chi connectivity index (χ2v) is 17.0. The zero-order valence-electron chi connectivity index (χ0n) is 34.5. The van der Waals surface area contributed by atoms with Gasteiger partial charge in [0.1, 0.15) is 23.9 Å². The third kappa shape index (κ3) is 7.14.